The molecule has 0 fully saturated rings. The van der Waals surface area contributed by atoms with E-state index in [2.05, 4.69) is 5.32 Å². The van der Waals surface area contributed by atoms with Crippen molar-refractivity contribution in [2.45, 2.75) is 51.7 Å². The Morgan fingerprint density at radius 2 is 1.83 bits per heavy atom. The van der Waals surface area contributed by atoms with E-state index >= 15 is 0 Å². The number of likely N-dealkylation sites (N-methyl/N-ethyl adjacent to an activating group) is 1. The molecule has 0 bridgehead atoms. The second kappa shape index (κ2) is 12.2. The summed E-state index contributed by atoms with van der Waals surface area (Å²) in [5.41, 5.74) is 1.64. The zero-order valence-electron chi connectivity index (χ0n) is 20.7. The maximum absolute atomic E-state index is 12.7. The molecule has 0 aromatic heterocycles. The molecule has 2 rings (SSSR count). The van der Waals surface area contributed by atoms with Gasteiger partial charge in [-0.2, -0.15) is 5.26 Å². The predicted molar refractivity (Wildman–Crippen MR) is 135 cm³/mol. The maximum atomic E-state index is 12.7. The topological polar surface area (TPSA) is 123 Å². The van der Waals surface area contributed by atoms with E-state index in [1.807, 2.05) is 57.2 Å². The Morgan fingerprint density at radius 3 is 2.40 bits per heavy atom. The number of hydrogen-bond acceptors (Lipinski definition) is 6. The van der Waals surface area contributed by atoms with Gasteiger partial charge in [0.25, 0.3) is 5.91 Å². The lowest BCUT2D eigenvalue weighted by atomic mass is 9.76. The highest BCUT2D eigenvalue weighted by Crippen LogP contribution is 2.21. The molecule has 3 N–H and O–H groups in total. The maximum Gasteiger partial charge on any atom is 0.475 e. The van der Waals surface area contributed by atoms with Crippen LogP contribution in [0.15, 0.2) is 60.2 Å². The number of hydrogen-bond donors (Lipinski definition) is 3. The van der Waals surface area contributed by atoms with Crippen LogP contribution >= 0.6 is 0 Å². The van der Waals surface area contributed by atoms with Gasteiger partial charge in [-0.1, -0.05) is 48.5 Å². The van der Waals surface area contributed by atoms with Crippen molar-refractivity contribution in [3.63, 3.8) is 0 Å². The predicted octanol–water partition coefficient (Wildman–Crippen LogP) is 3.26. The summed E-state index contributed by atoms with van der Waals surface area (Å²) in [6.45, 7) is 7.31. The van der Waals surface area contributed by atoms with Crippen LogP contribution in [-0.2, 0) is 16.0 Å². The summed E-state index contributed by atoms with van der Waals surface area (Å²) >= 11 is 0. The summed E-state index contributed by atoms with van der Waals surface area (Å²) < 4.78 is 5.44. The second-order valence-electron chi connectivity index (χ2n) is 9.28. The van der Waals surface area contributed by atoms with Gasteiger partial charge < -0.3 is 25.0 Å². The van der Waals surface area contributed by atoms with Gasteiger partial charge in [0, 0.05) is 12.6 Å². The van der Waals surface area contributed by atoms with E-state index in [-0.39, 0.29) is 17.9 Å². The number of alkyl carbamates (subject to hydrolysis) is 1. The molecule has 0 aliphatic carbocycles. The third kappa shape index (κ3) is 8.28. The number of carbonyl (C=O) groups is 2. The van der Waals surface area contributed by atoms with Crippen LogP contribution < -0.4 is 5.32 Å². The van der Waals surface area contributed by atoms with Gasteiger partial charge in [-0.05, 0) is 62.9 Å². The van der Waals surface area contributed by atoms with E-state index < -0.39 is 30.8 Å². The summed E-state index contributed by atoms with van der Waals surface area (Å²) in [6.07, 6.45) is 0.247. The van der Waals surface area contributed by atoms with Crippen LogP contribution in [-0.4, -0.2) is 52.6 Å². The highest BCUT2D eigenvalue weighted by Gasteiger charge is 2.27. The average Bonchev–Trinajstić information content (AvgIpc) is 2.81. The van der Waals surface area contributed by atoms with Gasteiger partial charge in [0.2, 0.25) is 0 Å². The Kier molecular flexibility index (Phi) is 9.63. The molecule has 9 heteroatoms. The minimum Gasteiger partial charge on any atom is -0.442 e. The molecule has 2 unspecified atom stereocenters. The molecule has 184 valence electrons. The molecule has 0 aliphatic heterocycles. The molecule has 2 aromatic rings. The summed E-state index contributed by atoms with van der Waals surface area (Å²) in [4.78, 5) is 26.6. The number of nitrogens with one attached hydrogen (secondary N) is 1. The molecular weight excluding hydrogens is 445 g/mol. The van der Waals surface area contributed by atoms with Gasteiger partial charge in [-0.25, -0.2) is 4.79 Å². The molecule has 8 nitrogen and oxygen atoms in total. The molecule has 0 saturated carbocycles. The Balaban J connectivity index is 2.11. The molecule has 2 amide bonds. The van der Waals surface area contributed by atoms with Crippen molar-refractivity contribution >= 4 is 25.2 Å². The number of carbonyl (C=O) groups excluding carboxylic acids is 2. The highest BCUT2D eigenvalue weighted by atomic mass is 16.6. The Bertz CT molecular complexity index is 1090. The van der Waals surface area contributed by atoms with Crippen LogP contribution in [0.25, 0.3) is 6.08 Å². The first-order valence-corrected chi connectivity index (χ1v) is 11.3. The zero-order chi connectivity index (χ0) is 26.2. The normalized spacial score (nSPS) is 13.3. The van der Waals surface area contributed by atoms with E-state index in [1.54, 1.807) is 38.2 Å². The lowest BCUT2D eigenvalue weighted by molar-refractivity contribution is -0.129. The summed E-state index contributed by atoms with van der Waals surface area (Å²) in [5.74, 6) is -1.34. The molecule has 2 atom stereocenters. The molecule has 35 heavy (non-hydrogen) atoms. The van der Waals surface area contributed by atoms with Crippen LogP contribution in [0, 0.1) is 11.3 Å². The SMILES string of the molecule is CC(OC(=O)NC(Cc1ccccc1)B(O)O)c1cccc(C=C(C#N)C(=O)N(C)C(C)(C)C)c1. The van der Waals surface area contributed by atoms with Gasteiger partial charge in [-0.15, -0.1) is 0 Å². The lowest BCUT2D eigenvalue weighted by Gasteiger charge is -2.31. The molecular formula is C26H32BN3O5. The number of benzene rings is 2. The monoisotopic (exact) mass is 477 g/mol. The lowest BCUT2D eigenvalue weighted by Crippen LogP contribution is -2.48. The average molecular weight is 477 g/mol. The third-order valence-corrected chi connectivity index (χ3v) is 5.60. The first-order valence-electron chi connectivity index (χ1n) is 11.3. The fourth-order valence-electron chi connectivity index (χ4n) is 3.21. The minimum absolute atomic E-state index is 0.00780. The summed E-state index contributed by atoms with van der Waals surface area (Å²) in [5, 5.41) is 31.4. The first-order chi connectivity index (χ1) is 16.4. The van der Waals surface area contributed by atoms with Gasteiger partial charge in [-0.3, -0.25) is 4.79 Å². The first kappa shape index (κ1) is 27.6. The van der Waals surface area contributed by atoms with Crippen molar-refractivity contribution in [2.24, 2.45) is 0 Å². The van der Waals surface area contributed by atoms with E-state index in [0.29, 0.717) is 11.1 Å². The molecule has 2 aromatic carbocycles. The van der Waals surface area contributed by atoms with E-state index in [0.717, 1.165) is 5.56 Å². The van der Waals surface area contributed by atoms with Crippen molar-refractivity contribution in [3.8, 4) is 6.07 Å². The van der Waals surface area contributed by atoms with Crippen LogP contribution in [0.4, 0.5) is 4.79 Å². The number of nitriles is 1. The van der Waals surface area contributed by atoms with Crippen LogP contribution in [0.1, 0.15) is 50.5 Å². The summed E-state index contributed by atoms with van der Waals surface area (Å²) in [6, 6.07) is 18.1. The number of rotatable bonds is 8. The van der Waals surface area contributed by atoms with E-state index in [1.165, 1.54) is 11.0 Å². The quantitative estimate of drug-likeness (QED) is 0.305. The van der Waals surface area contributed by atoms with Crippen molar-refractivity contribution in [1.29, 1.82) is 5.26 Å². The number of amides is 2. The molecule has 0 radical (unpaired) electrons. The van der Waals surface area contributed by atoms with Crippen molar-refractivity contribution in [3.05, 3.63) is 76.9 Å². The van der Waals surface area contributed by atoms with Gasteiger partial charge in [0.15, 0.2) is 0 Å². The fraction of sp³-hybridized carbons (Fsp3) is 0.346. The Hall–Kier alpha value is -3.61. The number of nitrogens with zero attached hydrogens (tertiary/aromatic N) is 2. The van der Waals surface area contributed by atoms with E-state index in [9.17, 15) is 24.9 Å². The number of ether oxygens (including phenoxy) is 1. The fourth-order valence-corrected chi connectivity index (χ4v) is 3.21. The van der Waals surface area contributed by atoms with Gasteiger partial charge in [0.1, 0.15) is 17.7 Å². The molecule has 0 saturated heterocycles. The van der Waals surface area contributed by atoms with Crippen molar-refractivity contribution < 1.29 is 24.4 Å². The van der Waals surface area contributed by atoms with Crippen LogP contribution in [0.3, 0.4) is 0 Å². The third-order valence-electron chi connectivity index (χ3n) is 5.60. The van der Waals surface area contributed by atoms with Gasteiger partial charge in [0.05, 0.1) is 5.94 Å². The van der Waals surface area contributed by atoms with Crippen molar-refractivity contribution in [2.75, 3.05) is 7.05 Å². The highest BCUT2D eigenvalue weighted by molar-refractivity contribution is 6.43. The van der Waals surface area contributed by atoms with Crippen LogP contribution in [0.5, 0.6) is 0 Å². The Morgan fingerprint density at radius 1 is 1.17 bits per heavy atom. The zero-order valence-corrected chi connectivity index (χ0v) is 20.7. The molecule has 0 heterocycles. The molecule has 0 aliphatic rings. The minimum atomic E-state index is -1.76. The summed E-state index contributed by atoms with van der Waals surface area (Å²) in [7, 11) is -0.118. The standard InChI is InChI=1S/C26H32BN3O5/c1-18(35-25(32)29-23(27(33)34)16-19-10-7-6-8-11-19)21-13-9-12-20(14-21)15-22(17-28)24(31)30(5)26(2,3)4/h6-15,18,23,33-34H,16H2,1-5H3,(H,29,32). The van der Waals surface area contributed by atoms with Crippen molar-refractivity contribution in [1.82, 2.24) is 10.2 Å². The molecule has 0 spiro atoms. The van der Waals surface area contributed by atoms with Crippen LogP contribution in [0.2, 0.25) is 0 Å². The largest absolute Gasteiger partial charge is 0.475 e. The smallest absolute Gasteiger partial charge is 0.442 e. The second-order valence-corrected chi connectivity index (χ2v) is 9.28. The van der Waals surface area contributed by atoms with E-state index in [4.69, 9.17) is 4.74 Å². The Labute approximate surface area is 207 Å². The van der Waals surface area contributed by atoms with Gasteiger partial charge >= 0.3 is 13.2 Å².